The topological polar surface area (TPSA) is 101 Å². The highest BCUT2D eigenvalue weighted by Gasteiger charge is 2.14. The number of aryl methyl sites for hydroxylation is 1. The molecule has 7 nitrogen and oxygen atoms in total. The molecule has 2 aromatic heterocycles. The Labute approximate surface area is 90.5 Å². The van der Waals surface area contributed by atoms with Crippen LogP contribution in [0.5, 0.6) is 0 Å². The molecule has 0 bridgehead atoms. The first-order valence-electron chi connectivity index (χ1n) is 4.65. The number of oxazole rings is 1. The molecule has 0 radical (unpaired) electrons. The van der Waals surface area contributed by atoms with E-state index in [1.54, 1.807) is 6.92 Å². The molecule has 16 heavy (non-hydrogen) atoms. The van der Waals surface area contributed by atoms with E-state index in [0.717, 1.165) is 0 Å². The van der Waals surface area contributed by atoms with Crippen LogP contribution in [0.4, 0.5) is 5.95 Å². The first kappa shape index (κ1) is 10.3. The van der Waals surface area contributed by atoms with Crippen molar-refractivity contribution in [3.05, 3.63) is 12.1 Å². The summed E-state index contributed by atoms with van der Waals surface area (Å²) in [5.74, 6) is -0.754. The fraction of sp³-hybridized carbons (Fsp3) is 0.333. The Morgan fingerprint density at radius 1 is 1.56 bits per heavy atom. The van der Waals surface area contributed by atoms with Crippen molar-refractivity contribution in [1.29, 1.82) is 0 Å². The Morgan fingerprint density at radius 3 is 3.00 bits per heavy atom. The van der Waals surface area contributed by atoms with Crippen molar-refractivity contribution in [1.82, 2.24) is 15.0 Å². The van der Waals surface area contributed by atoms with E-state index < -0.39 is 12.0 Å². The van der Waals surface area contributed by atoms with E-state index >= 15 is 0 Å². The Morgan fingerprint density at radius 2 is 2.31 bits per heavy atom. The van der Waals surface area contributed by atoms with Crippen molar-refractivity contribution in [3.8, 4) is 0 Å². The summed E-state index contributed by atoms with van der Waals surface area (Å²) < 4.78 is 5.03. The molecular formula is C9H10N4O3. The van der Waals surface area contributed by atoms with Crippen molar-refractivity contribution in [2.24, 2.45) is 0 Å². The molecule has 0 amide bonds. The first-order valence-corrected chi connectivity index (χ1v) is 4.65. The van der Waals surface area contributed by atoms with Gasteiger partial charge in [0.25, 0.3) is 5.71 Å². The second-order valence-corrected chi connectivity index (χ2v) is 3.34. The number of nitrogens with zero attached hydrogens (tertiary/aromatic N) is 3. The molecule has 0 aliphatic heterocycles. The smallest absolute Gasteiger partial charge is 0.325 e. The van der Waals surface area contributed by atoms with Gasteiger partial charge >= 0.3 is 5.97 Å². The number of fused-ring (bicyclic) bond motifs is 1. The zero-order chi connectivity index (χ0) is 11.7. The maximum atomic E-state index is 10.6. The minimum absolute atomic E-state index is 0.219. The van der Waals surface area contributed by atoms with E-state index in [2.05, 4.69) is 20.3 Å². The summed E-state index contributed by atoms with van der Waals surface area (Å²) in [6, 6.07) is -0.764. The van der Waals surface area contributed by atoms with Crippen LogP contribution in [0.25, 0.3) is 11.2 Å². The quantitative estimate of drug-likeness (QED) is 0.792. The van der Waals surface area contributed by atoms with E-state index in [-0.39, 0.29) is 5.95 Å². The number of rotatable bonds is 3. The highest BCUT2D eigenvalue weighted by atomic mass is 16.4. The third-order valence-corrected chi connectivity index (χ3v) is 2.09. The van der Waals surface area contributed by atoms with Gasteiger partial charge in [-0.25, -0.2) is 9.97 Å². The Kier molecular flexibility index (Phi) is 2.43. The lowest BCUT2D eigenvalue weighted by molar-refractivity contribution is -0.137. The monoisotopic (exact) mass is 222 g/mol. The highest BCUT2D eigenvalue weighted by molar-refractivity contribution is 5.77. The fourth-order valence-electron chi connectivity index (χ4n) is 1.22. The minimum atomic E-state index is -0.973. The molecular weight excluding hydrogens is 212 g/mol. The number of carboxylic acid groups (broad SMARTS) is 1. The molecule has 7 heteroatoms. The second-order valence-electron chi connectivity index (χ2n) is 3.34. The first-order chi connectivity index (χ1) is 7.58. The van der Waals surface area contributed by atoms with Crippen LogP contribution in [0.15, 0.2) is 10.8 Å². The summed E-state index contributed by atoms with van der Waals surface area (Å²) in [7, 11) is 0. The van der Waals surface area contributed by atoms with Gasteiger partial charge in [0, 0.05) is 0 Å². The van der Waals surface area contributed by atoms with Gasteiger partial charge in [-0.05, 0) is 13.8 Å². The molecule has 0 spiro atoms. The minimum Gasteiger partial charge on any atom is -0.480 e. The molecule has 0 aliphatic rings. The number of carboxylic acids is 1. The van der Waals surface area contributed by atoms with Gasteiger partial charge < -0.3 is 14.8 Å². The van der Waals surface area contributed by atoms with Crippen LogP contribution in [-0.4, -0.2) is 32.1 Å². The number of anilines is 1. The molecule has 2 N–H and O–H groups in total. The molecule has 0 saturated carbocycles. The number of hydrogen-bond acceptors (Lipinski definition) is 6. The summed E-state index contributed by atoms with van der Waals surface area (Å²) in [4.78, 5) is 22.7. The molecule has 2 rings (SSSR count). The maximum Gasteiger partial charge on any atom is 0.325 e. The zero-order valence-electron chi connectivity index (χ0n) is 8.76. The van der Waals surface area contributed by atoms with Crippen LogP contribution >= 0.6 is 0 Å². The molecule has 2 heterocycles. The van der Waals surface area contributed by atoms with E-state index in [1.807, 2.05) is 0 Å². The number of aromatic nitrogens is 3. The largest absolute Gasteiger partial charge is 0.480 e. The van der Waals surface area contributed by atoms with Gasteiger partial charge in [-0.3, -0.25) is 4.79 Å². The standard InChI is InChI=1S/C9H10N4O3/c1-4-6-7(16-3-10-6)13-9(11-4)12-5(2)8(14)15/h3,5H,1-2H3,(H,14,15)(H,11,12,13). The van der Waals surface area contributed by atoms with Crippen LogP contribution in [0.1, 0.15) is 12.6 Å². The fourth-order valence-corrected chi connectivity index (χ4v) is 1.22. The van der Waals surface area contributed by atoms with Gasteiger partial charge in [0.2, 0.25) is 5.95 Å². The molecule has 2 aromatic rings. The van der Waals surface area contributed by atoms with Crippen LogP contribution in [0.2, 0.25) is 0 Å². The van der Waals surface area contributed by atoms with Crippen molar-refractivity contribution in [2.45, 2.75) is 19.9 Å². The number of nitrogens with one attached hydrogen (secondary N) is 1. The summed E-state index contributed by atoms with van der Waals surface area (Å²) in [6.07, 6.45) is 1.27. The summed E-state index contributed by atoms with van der Waals surface area (Å²) >= 11 is 0. The van der Waals surface area contributed by atoms with Gasteiger partial charge in [0.1, 0.15) is 6.04 Å². The third kappa shape index (κ3) is 1.79. The van der Waals surface area contributed by atoms with Crippen LogP contribution < -0.4 is 5.32 Å². The lowest BCUT2D eigenvalue weighted by Gasteiger charge is -2.08. The average molecular weight is 222 g/mol. The molecule has 0 saturated heterocycles. The molecule has 84 valence electrons. The average Bonchev–Trinajstić information content (AvgIpc) is 2.65. The molecule has 1 unspecified atom stereocenters. The van der Waals surface area contributed by atoms with Crippen molar-refractivity contribution in [3.63, 3.8) is 0 Å². The summed E-state index contributed by atoms with van der Waals surface area (Å²) in [5, 5.41) is 11.4. The van der Waals surface area contributed by atoms with Gasteiger partial charge in [0.05, 0.1) is 5.69 Å². The molecule has 0 fully saturated rings. The molecule has 1 atom stereocenters. The lowest BCUT2D eigenvalue weighted by Crippen LogP contribution is -2.26. The van der Waals surface area contributed by atoms with E-state index in [0.29, 0.717) is 16.9 Å². The third-order valence-electron chi connectivity index (χ3n) is 2.09. The number of carbonyl (C=O) groups is 1. The summed E-state index contributed by atoms with van der Waals surface area (Å²) in [6.45, 7) is 3.26. The van der Waals surface area contributed by atoms with Gasteiger partial charge in [-0.15, -0.1) is 0 Å². The van der Waals surface area contributed by atoms with Gasteiger partial charge in [-0.1, -0.05) is 0 Å². The lowest BCUT2D eigenvalue weighted by atomic mass is 10.3. The van der Waals surface area contributed by atoms with E-state index in [4.69, 9.17) is 9.52 Å². The van der Waals surface area contributed by atoms with E-state index in [9.17, 15) is 4.79 Å². The zero-order valence-corrected chi connectivity index (χ0v) is 8.76. The predicted octanol–water partition coefficient (Wildman–Crippen LogP) is 0.811. The second kappa shape index (κ2) is 3.76. The SMILES string of the molecule is Cc1nc(NC(C)C(=O)O)nc2ocnc12. The van der Waals surface area contributed by atoms with Crippen LogP contribution in [-0.2, 0) is 4.79 Å². The van der Waals surface area contributed by atoms with Gasteiger partial charge in [0.15, 0.2) is 11.9 Å². The Bertz CT molecular complexity index is 537. The van der Waals surface area contributed by atoms with Crippen LogP contribution in [0, 0.1) is 6.92 Å². The van der Waals surface area contributed by atoms with Crippen molar-refractivity contribution >= 4 is 23.1 Å². The number of hydrogen-bond donors (Lipinski definition) is 2. The Hall–Kier alpha value is -2.18. The molecule has 0 aromatic carbocycles. The van der Waals surface area contributed by atoms with Crippen molar-refractivity contribution in [2.75, 3.05) is 5.32 Å². The predicted molar refractivity (Wildman–Crippen MR) is 55.1 cm³/mol. The van der Waals surface area contributed by atoms with Crippen LogP contribution in [0.3, 0.4) is 0 Å². The summed E-state index contributed by atoms with van der Waals surface area (Å²) in [5.41, 5.74) is 1.56. The van der Waals surface area contributed by atoms with Crippen molar-refractivity contribution < 1.29 is 14.3 Å². The number of aliphatic carboxylic acids is 1. The van der Waals surface area contributed by atoms with E-state index in [1.165, 1.54) is 13.3 Å². The normalized spacial score (nSPS) is 12.6. The molecule has 0 aliphatic carbocycles. The van der Waals surface area contributed by atoms with Gasteiger partial charge in [-0.2, -0.15) is 4.98 Å². The highest BCUT2D eigenvalue weighted by Crippen LogP contribution is 2.15. The maximum absolute atomic E-state index is 10.6. The Balaban J connectivity index is 2.35.